The molecule has 0 radical (unpaired) electrons. The van der Waals surface area contributed by atoms with Crippen LogP contribution < -0.4 is 5.32 Å². The predicted molar refractivity (Wildman–Crippen MR) is 81.1 cm³/mol. The number of amides is 2. The average Bonchev–Trinajstić information content (AvgIpc) is 3.14. The first-order valence-corrected chi connectivity index (χ1v) is 7.55. The molecule has 22 heavy (non-hydrogen) atoms. The van der Waals surface area contributed by atoms with E-state index in [-0.39, 0.29) is 12.1 Å². The Morgan fingerprint density at radius 3 is 2.91 bits per heavy atom. The van der Waals surface area contributed by atoms with E-state index in [2.05, 4.69) is 39.3 Å². The van der Waals surface area contributed by atoms with Crippen LogP contribution in [0.1, 0.15) is 41.4 Å². The number of aryl methyl sites for hydroxylation is 2. The van der Waals surface area contributed by atoms with Crippen LogP contribution in [0.3, 0.4) is 0 Å². The fraction of sp³-hybridized carbons (Fsp3) is 0.438. The number of hydrogen-bond acceptors (Lipinski definition) is 4. The number of carbonyl (C=O) groups excluding carboxylic acids is 1. The van der Waals surface area contributed by atoms with Crippen LogP contribution in [0.4, 0.5) is 4.79 Å². The number of benzene rings is 1. The summed E-state index contributed by atoms with van der Waals surface area (Å²) in [5.74, 6) is 0. The molecule has 3 rings (SSSR count). The predicted octanol–water partition coefficient (Wildman–Crippen LogP) is 2.73. The highest BCUT2D eigenvalue weighted by Crippen LogP contribution is 2.33. The van der Waals surface area contributed by atoms with Gasteiger partial charge in [-0.05, 0) is 37.8 Å². The van der Waals surface area contributed by atoms with E-state index >= 15 is 0 Å². The van der Waals surface area contributed by atoms with Crippen molar-refractivity contribution in [3.63, 3.8) is 0 Å². The van der Waals surface area contributed by atoms with Crippen molar-refractivity contribution in [2.24, 2.45) is 0 Å². The number of nitrogens with zero attached hydrogens (tertiary/aromatic N) is 3. The van der Waals surface area contributed by atoms with Crippen molar-refractivity contribution in [1.29, 1.82) is 0 Å². The Balaban J connectivity index is 1.69. The van der Waals surface area contributed by atoms with Crippen molar-refractivity contribution in [3.8, 4) is 0 Å². The lowest BCUT2D eigenvalue weighted by Gasteiger charge is -2.26. The highest BCUT2D eigenvalue weighted by molar-refractivity contribution is 5.75. The molecule has 0 bridgehead atoms. The summed E-state index contributed by atoms with van der Waals surface area (Å²) in [7, 11) is 0. The lowest BCUT2D eigenvalue weighted by atomic mass is 9.99. The van der Waals surface area contributed by atoms with Crippen LogP contribution >= 0.6 is 0 Å². The molecule has 0 saturated carbocycles. The zero-order valence-corrected chi connectivity index (χ0v) is 12.9. The molecule has 1 N–H and O–H groups in total. The Kier molecular flexibility index (Phi) is 4.09. The van der Waals surface area contributed by atoms with E-state index in [0.717, 1.165) is 19.4 Å². The number of aromatic nitrogens is 2. The number of carbonyl (C=O) groups is 1. The van der Waals surface area contributed by atoms with Gasteiger partial charge in [-0.1, -0.05) is 34.6 Å². The van der Waals surface area contributed by atoms with Crippen molar-refractivity contribution in [2.45, 2.75) is 39.3 Å². The second-order valence-corrected chi connectivity index (χ2v) is 5.66. The molecule has 0 spiro atoms. The molecular weight excluding hydrogens is 280 g/mol. The number of hydrogen-bond donors (Lipinski definition) is 1. The molecule has 1 aromatic heterocycles. The smallest absolute Gasteiger partial charge is 0.318 e. The molecule has 2 heterocycles. The average molecular weight is 300 g/mol. The SMILES string of the molecule is Cc1ccccc1C1CCCN1C(=O)NCc1nonc1C. The minimum atomic E-state index is -0.0619. The van der Waals surface area contributed by atoms with Crippen LogP contribution in [-0.4, -0.2) is 27.8 Å². The molecule has 1 aliphatic rings. The normalized spacial score (nSPS) is 17.7. The maximum Gasteiger partial charge on any atom is 0.318 e. The molecule has 1 fully saturated rings. The van der Waals surface area contributed by atoms with E-state index in [4.69, 9.17) is 0 Å². The number of nitrogens with one attached hydrogen (secondary N) is 1. The van der Waals surface area contributed by atoms with Crippen LogP contribution in [0.25, 0.3) is 0 Å². The highest BCUT2D eigenvalue weighted by Gasteiger charge is 2.30. The first-order chi connectivity index (χ1) is 10.7. The fourth-order valence-corrected chi connectivity index (χ4v) is 2.96. The second kappa shape index (κ2) is 6.17. The summed E-state index contributed by atoms with van der Waals surface area (Å²) in [6.45, 7) is 5.02. The van der Waals surface area contributed by atoms with E-state index in [1.54, 1.807) is 0 Å². The first-order valence-electron chi connectivity index (χ1n) is 7.55. The van der Waals surface area contributed by atoms with Crippen LogP contribution in [-0.2, 0) is 6.54 Å². The minimum Gasteiger partial charge on any atom is -0.332 e. The summed E-state index contributed by atoms with van der Waals surface area (Å²) in [6.07, 6.45) is 2.03. The molecule has 1 saturated heterocycles. The summed E-state index contributed by atoms with van der Waals surface area (Å²) in [5, 5.41) is 10.4. The molecule has 1 atom stereocenters. The first kappa shape index (κ1) is 14.6. The largest absolute Gasteiger partial charge is 0.332 e. The fourth-order valence-electron chi connectivity index (χ4n) is 2.96. The Labute approximate surface area is 129 Å². The summed E-state index contributed by atoms with van der Waals surface area (Å²) in [6, 6.07) is 8.34. The van der Waals surface area contributed by atoms with Crippen molar-refractivity contribution in [3.05, 3.63) is 46.8 Å². The van der Waals surface area contributed by atoms with E-state index < -0.39 is 0 Å². The van der Waals surface area contributed by atoms with Crippen LogP contribution in [0.2, 0.25) is 0 Å². The summed E-state index contributed by atoms with van der Waals surface area (Å²) >= 11 is 0. The Bertz CT molecular complexity index is 668. The van der Waals surface area contributed by atoms with Crippen LogP contribution in [0.15, 0.2) is 28.9 Å². The summed E-state index contributed by atoms with van der Waals surface area (Å²) < 4.78 is 4.64. The molecule has 116 valence electrons. The minimum absolute atomic E-state index is 0.0619. The van der Waals surface area contributed by atoms with E-state index in [0.29, 0.717) is 17.9 Å². The summed E-state index contributed by atoms with van der Waals surface area (Å²) in [5.41, 5.74) is 3.83. The maximum absolute atomic E-state index is 12.5. The third-order valence-corrected chi connectivity index (χ3v) is 4.21. The van der Waals surface area contributed by atoms with Gasteiger partial charge in [-0.2, -0.15) is 0 Å². The van der Waals surface area contributed by atoms with Crippen molar-refractivity contribution in [1.82, 2.24) is 20.5 Å². The standard InChI is InChI=1S/C16H20N4O2/c1-11-6-3-4-7-13(11)15-8-5-9-20(15)16(21)17-10-14-12(2)18-22-19-14/h3-4,6-7,15H,5,8-10H2,1-2H3,(H,17,21). The summed E-state index contributed by atoms with van der Waals surface area (Å²) in [4.78, 5) is 14.4. The van der Waals surface area contributed by atoms with Crippen LogP contribution in [0, 0.1) is 13.8 Å². The van der Waals surface area contributed by atoms with Gasteiger partial charge in [-0.3, -0.25) is 0 Å². The number of likely N-dealkylation sites (tertiary alicyclic amines) is 1. The Hall–Kier alpha value is -2.37. The zero-order valence-electron chi connectivity index (χ0n) is 12.9. The number of urea groups is 1. The number of rotatable bonds is 3. The Morgan fingerprint density at radius 2 is 2.18 bits per heavy atom. The quantitative estimate of drug-likeness (QED) is 0.946. The highest BCUT2D eigenvalue weighted by atomic mass is 16.6. The van der Waals surface area contributed by atoms with Gasteiger partial charge < -0.3 is 10.2 Å². The van der Waals surface area contributed by atoms with E-state index in [1.807, 2.05) is 24.0 Å². The maximum atomic E-state index is 12.5. The van der Waals surface area contributed by atoms with E-state index in [1.165, 1.54) is 11.1 Å². The van der Waals surface area contributed by atoms with Gasteiger partial charge in [0.25, 0.3) is 0 Å². The Morgan fingerprint density at radius 1 is 1.36 bits per heavy atom. The molecule has 2 amide bonds. The molecule has 0 aliphatic carbocycles. The molecule has 2 aromatic rings. The van der Waals surface area contributed by atoms with E-state index in [9.17, 15) is 4.79 Å². The third kappa shape index (κ3) is 2.81. The topological polar surface area (TPSA) is 71.3 Å². The monoisotopic (exact) mass is 300 g/mol. The lowest BCUT2D eigenvalue weighted by Crippen LogP contribution is -2.39. The molecular formula is C16H20N4O2. The lowest BCUT2D eigenvalue weighted by molar-refractivity contribution is 0.192. The molecule has 1 aliphatic heterocycles. The van der Waals surface area contributed by atoms with Gasteiger partial charge in [0.05, 0.1) is 12.6 Å². The van der Waals surface area contributed by atoms with Crippen molar-refractivity contribution >= 4 is 6.03 Å². The molecule has 1 aromatic carbocycles. The van der Waals surface area contributed by atoms with Gasteiger partial charge >= 0.3 is 6.03 Å². The van der Waals surface area contributed by atoms with Crippen LogP contribution in [0.5, 0.6) is 0 Å². The second-order valence-electron chi connectivity index (χ2n) is 5.66. The van der Waals surface area contributed by atoms with Crippen molar-refractivity contribution < 1.29 is 9.42 Å². The van der Waals surface area contributed by atoms with Gasteiger partial charge in [0.2, 0.25) is 0 Å². The third-order valence-electron chi connectivity index (χ3n) is 4.21. The zero-order chi connectivity index (χ0) is 15.5. The van der Waals surface area contributed by atoms with Gasteiger partial charge in [-0.25, -0.2) is 9.42 Å². The molecule has 6 heteroatoms. The molecule has 6 nitrogen and oxygen atoms in total. The van der Waals surface area contributed by atoms with Gasteiger partial charge in [0.15, 0.2) is 0 Å². The molecule has 1 unspecified atom stereocenters. The van der Waals surface area contributed by atoms with Gasteiger partial charge in [0, 0.05) is 6.54 Å². The van der Waals surface area contributed by atoms with Gasteiger partial charge in [0.1, 0.15) is 11.4 Å². The van der Waals surface area contributed by atoms with Gasteiger partial charge in [-0.15, -0.1) is 0 Å². The van der Waals surface area contributed by atoms with Crippen molar-refractivity contribution in [2.75, 3.05) is 6.54 Å².